The Balaban J connectivity index is 2.70. The van der Waals surface area contributed by atoms with E-state index < -0.39 is 36.4 Å². The topological polar surface area (TPSA) is 58.6 Å². The number of ether oxygens (including phenoxy) is 1. The molecule has 8 heteroatoms. The van der Waals surface area contributed by atoms with Gasteiger partial charge in [0.25, 0.3) is 0 Å². The van der Waals surface area contributed by atoms with Crippen LogP contribution in [0.2, 0.25) is 0 Å². The number of piperazine rings is 1. The molecule has 0 spiro atoms. The van der Waals surface area contributed by atoms with Crippen LogP contribution >= 0.6 is 0 Å². The molecule has 1 aliphatic rings. The van der Waals surface area contributed by atoms with Gasteiger partial charge in [0.2, 0.25) is 11.8 Å². The lowest BCUT2D eigenvalue weighted by Crippen LogP contribution is -2.68. The minimum absolute atomic E-state index is 0.289. The minimum Gasteiger partial charge on any atom is -0.343 e. The fourth-order valence-corrected chi connectivity index (χ4v) is 1.71. The van der Waals surface area contributed by atoms with Gasteiger partial charge in [-0.05, 0) is 20.8 Å². The Labute approximate surface area is 102 Å². The highest BCUT2D eigenvalue weighted by Crippen LogP contribution is 2.22. The maximum Gasteiger partial charge on any atom is 0.522 e. The summed E-state index contributed by atoms with van der Waals surface area (Å²) in [5.74, 6) is -0.827. The standard InChI is InChI=1S/C10H15F3N2O3/c1-6-7(16)15(4-5-18-10(11,12)13)9(2,3)8(17)14-6/h6H,4-5H2,1-3H3,(H,14,17). The first-order valence-corrected chi connectivity index (χ1v) is 5.39. The number of carbonyl (C=O) groups excluding carboxylic acids is 2. The quantitative estimate of drug-likeness (QED) is 0.817. The van der Waals surface area contributed by atoms with Crippen LogP contribution in [0.5, 0.6) is 0 Å². The molecule has 104 valence electrons. The molecule has 18 heavy (non-hydrogen) atoms. The Morgan fingerprint density at radius 3 is 2.44 bits per heavy atom. The third kappa shape index (κ3) is 3.12. The molecule has 2 amide bonds. The van der Waals surface area contributed by atoms with Crippen LogP contribution in [0.4, 0.5) is 13.2 Å². The number of halogens is 3. The smallest absolute Gasteiger partial charge is 0.343 e. The zero-order valence-electron chi connectivity index (χ0n) is 10.3. The molecule has 1 unspecified atom stereocenters. The van der Waals surface area contributed by atoms with Crippen LogP contribution in [-0.4, -0.2) is 47.8 Å². The summed E-state index contributed by atoms with van der Waals surface area (Å²) in [7, 11) is 0. The largest absolute Gasteiger partial charge is 0.522 e. The molecule has 1 atom stereocenters. The molecule has 0 bridgehead atoms. The van der Waals surface area contributed by atoms with Crippen LogP contribution in [0, 0.1) is 0 Å². The molecule has 1 fully saturated rings. The predicted octanol–water partition coefficient (Wildman–Crippen LogP) is 0.648. The van der Waals surface area contributed by atoms with Crippen molar-refractivity contribution in [3.8, 4) is 0 Å². The molecule has 0 aliphatic carbocycles. The van der Waals surface area contributed by atoms with Gasteiger partial charge in [-0.15, -0.1) is 13.2 Å². The van der Waals surface area contributed by atoms with Crippen LogP contribution in [0.3, 0.4) is 0 Å². The van der Waals surface area contributed by atoms with Crippen molar-refractivity contribution in [2.45, 2.75) is 38.7 Å². The van der Waals surface area contributed by atoms with Gasteiger partial charge in [-0.25, -0.2) is 0 Å². The van der Waals surface area contributed by atoms with E-state index >= 15 is 0 Å². The summed E-state index contributed by atoms with van der Waals surface area (Å²) in [5.41, 5.74) is -1.18. The van der Waals surface area contributed by atoms with Crippen molar-refractivity contribution in [2.75, 3.05) is 13.2 Å². The number of rotatable bonds is 3. The Bertz CT molecular complexity index is 355. The van der Waals surface area contributed by atoms with E-state index in [4.69, 9.17) is 0 Å². The first kappa shape index (κ1) is 14.7. The zero-order valence-corrected chi connectivity index (χ0v) is 10.3. The summed E-state index contributed by atoms with van der Waals surface area (Å²) >= 11 is 0. The second-order valence-corrected chi connectivity index (χ2v) is 4.54. The molecule has 1 aliphatic heterocycles. The van der Waals surface area contributed by atoms with Crippen molar-refractivity contribution >= 4 is 11.8 Å². The maximum absolute atomic E-state index is 11.8. The van der Waals surface area contributed by atoms with Crippen LogP contribution in [0.1, 0.15) is 20.8 Å². The van der Waals surface area contributed by atoms with Crippen LogP contribution < -0.4 is 5.32 Å². The molecule has 1 saturated heterocycles. The Kier molecular flexibility index (Phi) is 3.89. The molecule has 0 aromatic rings. The Hall–Kier alpha value is -1.31. The summed E-state index contributed by atoms with van der Waals surface area (Å²) in [6, 6.07) is -0.739. The third-order valence-corrected chi connectivity index (χ3v) is 2.80. The fraction of sp³-hybridized carbons (Fsp3) is 0.800. The molecule has 1 N–H and O–H groups in total. The molecule has 1 rings (SSSR count). The highest BCUT2D eigenvalue weighted by atomic mass is 19.4. The highest BCUT2D eigenvalue weighted by Gasteiger charge is 2.44. The lowest BCUT2D eigenvalue weighted by atomic mass is 9.96. The maximum atomic E-state index is 11.8. The number of nitrogens with zero attached hydrogens (tertiary/aromatic N) is 1. The predicted molar refractivity (Wildman–Crippen MR) is 55.4 cm³/mol. The summed E-state index contributed by atoms with van der Waals surface area (Å²) < 4.78 is 39.2. The molecular formula is C10H15F3N2O3. The van der Waals surface area contributed by atoms with Gasteiger partial charge in [-0.2, -0.15) is 0 Å². The lowest BCUT2D eigenvalue weighted by Gasteiger charge is -2.43. The molecule has 0 radical (unpaired) electrons. The van der Waals surface area contributed by atoms with Crippen LogP contribution in [0.25, 0.3) is 0 Å². The monoisotopic (exact) mass is 268 g/mol. The third-order valence-electron chi connectivity index (χ3n) is 2.80. The second kappa shape index (κ2) is 4.75. The van der Waals surface area contributed by atoms with Crippen molar-refractivity contribution in [3.63, 3.8) is 0 Å². The van der Waals surface area contributed by atoms with Crippen molar-refractivity contribution in [1.29, 1.82) is 0 Å². The number of amides is 2. The van der Waals surface area contributed by atoms with Gasteiger partial charge in [0, 0.05) is 6.54 Å². The molecule has 5 nitrogen and oxygen atoms in total. The molecule has 0 aromatic carbocycles. The van der Waals surface area contributed by atoms with Crippen molar-refractivity contribution < 1.29 is 27.5 Å². The lowest BCUT2D eigenvalue weighted by molar-refractivity contribution is -0.325. The highest BCUT2D eigenvalue weighted by molar-refractivity contribution is 5.99. The number of hydrogen-bond donors (Lipinski definition) is 1. The summed E-state index contributed by atoms with van der Waals surface area (Å²) in [5, 5.41) is 2.46. The van der Waals surface area contributed by atoms with Gasteiger partial charge in [-0.3, -0.25) is 14.3 Å². The normalized spacial score (nSPS) is 24.1. The van der Waals surface area contributed by atoms with E-state index in [2.05, 4.69) is 10.1 Å². The minimum atomic E-state index is -4.74. The van der Waals surface area contributed by atoms with E-state index in [1.54, 1.807) is 0 Å². The summed E-state index contributed by atoms with van der Waals surface area (Å²) in [6.45, 7) is 3.44. The number of carbonyl (C=O) groups is 2. The van der Waals surface area contributed by atoms with Gasteiger partial charge < -0.3 is 10.2 Å². The fourth-order valence-electron chi connectivity index (χ4n) is 1.71. The molecule has 0 aromatic heterocycles. The Morgan fingerprint density at radius 2 is 1.94 bits per heavy atom. The SMILES string of the molecule is CC1NC(=O)C(C)(C)N(CCOC(F)(F)F)C1=O. The van der Waals surface area contributed by atoms with E-state index in [9.17, 15) is 22.8 Å². The average molecular weight is 268 g/mol. The van der Waals surface area contributed by atoms with Crippen LogP contribution in [0.15, 0.2) is 0 Å². The Morgan fingerprint density at radius 1 is 1.39 bits per heavy atom. The van der Waals surface area contributed by atoms with E-state index in [0.717, 1.165) is 4.90 Å². The number of alkyl halides is 3. The van der Waals surface area contributed by atoms with E-state index in [-0.39, 0.29) is 6.54 Å². The van der Waals surface area contributed by atoms with Crippen LogP contribution in [-0.2, 0) is 14.3 Å². The van der Waals surface area contributed by atoms with E-state index in [1.165, 1.54) is 20.8 Å². The molecule has 1 heterocycles. The van der Waals surface area contributed by atoms with Crippen molar-refractivity contribution in [2.24, 2.45) is 0 Å². The average Bonchev–Trinajstić information content (AvgIpc) is 2.19. The second-order valence-electron chi connectivity index (χ2n) is 4.54. The first-order valence-electron chi connectivity index (χ1n) is 5.39. The van der Waals surface area contributed by atoms with E-state index in [0.29, 0.717) is 0 Å². The van der Waals surface area contributed by atoms with Gasteiger partial charge in [-0.1, -0.05) is 0 Å². The van der Waals surface area contributed by atoms with E-state index in [1.807, 2.05) is 0 Å². The zero-order chi connectivity index (χ0) is 14.1. The van der Waals surface area contributed by atoms with Gasteiger partial charge >= 0.3 is 6.36 Å². The summed E-state index contributed by atoms with van der Waals surface area (Å²) in [4.78, 5) is 24.6. The van der Waals surface area contributed by atoms with Gasteiger partial charge in [0.05, 0.1) is 6.61 Å². The molecular weight excluding hydrogens is 253 g/mol. The van der Waals surface area contributed by atoms with Crippen molar-refractivity contribution in [1.82, 2.24) is 10.2 Å². The van der Waals surface area contributed by atoms with Gasteiger partial charge in [0.1, 0.15) is 11.6 Å². The summed E-state index contributed by atoms with van der Waals surface area (Å²) in [6.07, 6.45) is -4.74. The molecule has 0 saturated carbocycles. The number of hydrogen-bond acceptors (Lipinski definition) is 3. The first-order chi connectivity index (χ1) is 8.05. The number of nitrogens with one attached hydrogen (secondary N) is 1. The van der Waals surface area contributed by atoms with Crippen molar-refractivity contribution in [3.05, 3.63) is 0 Å². The van der Waals surface area contributed by atoms with Gasteiger partial charge in [0.15, 0.2) is 0 Å².